The van der Waals surface area contributed by atoms with E-state index < -0.39 is 11.8 Å². The number of carbonyl (C=O) groups is 2. The molecule has 136 valence electrons. The highest BCUT2D eigenvalue weighted by Crippen LogP contribution is 2.21. The van der Waals surface area contributed by atoms with Gasteiger partial charge in [-0.2, -0.15) is 5.10 Å². The fourth-order valence-corrected chi connectivity index (χ4v) is 2.41. The van der Waals surface area contributed by atoms with Crippen LogP contribution < -0.4 is 15.5 Å². The maximum absolute atomic E-state index is 11.9. The van der Waals surface area contributed by atoms with Crippen molar-refractivity contribution in [1.82, 2.24) is 5.43 Å². The molecule has 0 saturated carbocycles. The first-order valence-corrected chi connectivity index (χ1v) is 8.97. The van der Waals surface area contributed by atoms with Crippen LogP contribution in [0.15, 0.2) is 58.1 Å². The number of nitrogens with zero attached hydrogens (tertiary/aromatic N) is 1. The first kappa shape index (κ1) is 19.7. The fraction of sp³-hybridized carbons (Fsp3) is 0.211. The van der Waals surface area contributed by atoms with Crippen LogP contribution in [0.4, 0.5) is 5.69 Å². The number of benzene rings is 2. The number of rotatable bonds is 8. The van der Waals surface area contributed by atoms with Gasteiger partial charge >= 0.3 is 0 Å². The number of anilines is 1. The largest absolute Gasteiger partial charge is 0.494 e. The molecular formula is C19H20BrN3O3. The summed E-state index contributed by atoms with van der Waals surface area (Å²) in [6, 6.07) is 14.5. The van der Waals surface area contributed by atoms with E-state index in [1.165, 1.54) is 6.21 Å². The second-order valence-electron chi connectivity index (χ2n) is 5.42. The topological polar surface area (TPSA) is 79.8 Å². The van der Waals surface area contributed by atoms with Crippen LogP contribution in [0.3, 0.4) is 0 Å². The molecule has 2 aromatic carbocycles. The van der Waals surface area contributed by atoms with Gasteiger partial charge in [0, 0.05) is 4.47 Å². The van der Waals surface area contributed by atoms with E-state index in [1.807, 2.05) is 37.3 Å². The van der Waals surface area contributed by atoms with Crippen molar-refractivity contribution in [3.63, 3.8) is 0 Å². The smallest absolute Gasteiger partial charge is 0.249 e. The molecule has 0 heterocycles. The predicted octanol–water partition coefficient (Wildman–Crippen LogP) is 3.72. The lowest BCUT2D eigenvalue weighted by atomic mass is 10.2. The maximum Gasteiger partial charge on any atom is 0.249 e. The van der Waals surface area contributed by atoms with Gasteiger partial charge in [-0.3, -0.25) is 9.59 Å². The van der Waals surface area contributed by atoms with Gasteiger partial charge in [-0.05, 0) is 52.2 Å². The molecule has 2 amide bonds. The molecule has 2 aromatic rings. The summed E-state index contributed by atoms with van der Waals surface area (Å²) < 4.78 is 6.28. The number of hydrogen-bond donors (Lipinski definition) is 2. The lowest BCUT2D eigenvalue weighted by Crippen LogP contribution is -2.24. The van der Waals surface area contributed by atoms with Gasteiger partial charge in [0.1, 0.15) is 12.2 Å². The molecule has 0 aromatic heterocycles. The third-order valence-corrected chi connectivity index (χ3v) is 3.89. The standard InChI is InChI=1S/C19H20BrN3O3/c1-2-10-26-15-7-5-6-14(11-15)13-21-23-19(25)12-18(24)22-17-9-4-3-8-16(17)20/h3-9,11,13H,2,10,12H2,1H3,(H,22,24)(H,23,25). The lowest BCUT2D eigenvalue weighted by Gasteiger charge is -2.06. The number of para-hydroxylation sites is 1. The van der Waals surface area contributed by atoms with Gasteiger partial charge in [0.25, 0.3) is 0 Å². The molecule has 0 aliphatic carbocycles. The molecule has 0 bridgehead atoms. The molecule has 6 nitrogen and oxygen atoms in total. The Morgan fingerprint density at radius 1 is 1.15 bits per heavy atom. The average Bonchev–Trinajstić information content (AvgIpc) is 2.62. The Morgan fingerprint density at radius 3 is 2.73 bits per heavy atom. The molecule has 2 rings (SSSR count). The van der Waals surface area contributed by atoms with Gasteiger partial charge in [-0.25, -0.2) is 5.43 Å². The minimum Gasteiger partial charge on any atom is -0.494 e. The first-order valence-electron chi connectivity index (χ1n) is 8.17. The third-order valence-electron chi connectivity index (χ3n) is 3.20. The Balaban J connectivity index is 1.81. The van der Waals surface area contributed by atoms with Crippen LogP contribution in [0.2, 0.25) is 0 Å². The van der Waals surface area contributed by atoms with Crippen molar-refractivity contribution in [3.8, 4) is 5.75 Å². The van der Waals surface area contributed by atoms with E-state index in [1.54, 1.807) is 18.2 Å². The van der Waals surface area contributed by atoms with E-state index in [9.17, 15) is 9.59 Å². The van der Waals surface area contributed by atoms with Crippen molar-refractivity contribution >= 4 is 39.6 Å². The summed E-state index contributed by atoms with van der Waals surface area (Å²) in [6.45, 7) is 2.68. The number of amides is 2. The summed E-state index contributed by atoms with van der Waals surface area (Å²) in [5, 5.41) is 6.53. The van der Waals surface area contributed by atoms with Gasteiger partial charge in [0.15, 0.2) is 0 Å². The van der Waals surface area contributed by atoms with Crippen LogP contribution in [-0.2, 0) is 9.59 Å². The Labute approximate surface area is 160 Å². The van der Waals surface area contributed by atoms with Gasteiger partial charge in [0.05, 0.1) is 18.5 Å². The summed E-state index contributed by atoms with van der Waals surface area (Å²) in [6.07, 6.45) is 2.11. The molecule has 0 aliphatic rings. The number of halogens is 1. The van der Waals surface area contributed by atoms with Crippen LogP contribution in [0.5, 0.6) is 5.75 Å². The van der Waals surface area contributed by atoms with Crippen molar-refractivity contribution in [3.05, 3.63) is 58.6 Å². The molecular weight excluding hydrogens is 398 g/mol. The summed E-state index contributed by atoms with van der Waals surface area (Å²) >= 11 is 3.33. The second-order valence-corrected chi connectivity index (χ2v) is 6.27. The number of hydrogen-bond acceptors (Lipinski definition) is 4. The average molecular weight is 418 g/mol. The van der Waals surface area contributed by atoms with E-state index >= 15 is 0 Å². The van der Waals surface area contributed by atoms with Gasteiger partial charge in [-0.1, -0.05) is 31.2 Å². The predicted molar refractivity (Wildman–Crippen MR) is 105 cm³/mol. The van der Waals surface area contributed by atoms with Gasteiger partial charge < -0.3 is 10.1 Å². The highest BCUT2D eigenvalue weighted by atomic mass is 79.9. The lowest BCUT2D eigenvalue weighted by molar-refractivity contribution is -0.126. The monoisotopic (exact) mass is 417 g/mol. The molecule has 0 fully saturated rings. The van der Waals surface area contributed by atoms with Gasteiger partial charge in [0.2, 0.25) is 11.8 Å². The van der Waals surface area contributed by atoms with E-state index in [4.69, 9.17) is 4.74 Å². The molecule has 2 N–H and O–H groups in total. The third kappa shape index (κ3) is 6.68. The SMILES string of the molecule is CCCOc1cccc(C=NNC(=O)CC(=O)Nc2ccccc2Br)c1. The number of nitrogens with one attached hydrogen (secondary N) is 2. The summed E-state index contributed by atoms with van der Waals surface area (Å²) in [4.78, 5) is 23.7. The summed E-state index contributed by atoms with van der Waals surface area (Å²) in [7, 11) is 0. The van der Waals surface area contributed by atoms with Crippen LogP contribution in [0, 0.1) is 0 Å². The van der Waals surface area contributed by atoms with Crippen molar-refractivity contribution in [2.75, 3.05) is 11.9 Å². The zero-order chi connectivity index (χ0) is 18.8. The quantitative estimate of drug-likeness (QED) is 0.390. The Bertz CT molecular complexity index is 793. The Morgan fingerprint density at radius 2 is 1.96 bits per heavy atom. The first-order chi connectivity index (χ1) is 12.6. The molecule has 0 atom stereocenters. The molecule has 0 aliphatic heterocycles. The zero-order valence-corrected chi connectivity index (χ0v) is 16.0. The fourth-order valence-electron chi connectivity index (χ4n) is 2.03. The number of carbonyl (C=O) groups excluding carboxylic acids is 2. The number of ether oxygens (including phenoxy) is 1. The Kier molecular flexibility index (Phi) is 7.82. The van der Waals surface area contributed by atoms with Crippen molar-refractivity contribution < 1.29 is 14.3 Å². The van der Waals surface area contributed by atoms with E-state index in [0.717, 1.165) is 22.2 Å². The molecule has 0 spiro atoms. The zero-order valence-electron chi connectivity index (χ0n) is 14.4. The molecule has 26 heavy (non-hydrogen) atoms. The minimum absolute atomic E-state index is 0.321. The van der Waals surface area contributed by atoms with Crippen LogP contribution in [0.25, 0.3) is 0 Å². The van der Waals surface area contributed by atoms with Crippen molar-refractivity contribution in [2.24, 2.45) is 5.10 Å². The normalized spacial score (nSPS) is 10.5. The van der Waals surface area contributed by atoms with Crippen LogP contribution in [0.1, 0.15) is 25.3 Å². The van der Waals surface area contributed by atoms with E-state index in [2.05, 4.69) is 31.8 Å². The van der Waals surface area contributed by atoms with Crippen LogP contribution >= 0.6 is 15.9 Å². The number of hydrazone groups is 1. The minimum atomic E-state index is -0.496. The van der Waals surface area contributed by atoms with E-state index in [-0.39, 0.29) is 6.42 Å². The maximum atomic E-state index is 11.9. The van der Waals surface area contributed by atoms with Crippen LogP contribution in [-0.4, -0.2) is 24.6 Å². The highest BCUT2D eigenvalue weighted by Gasteiger charge is 2.10. The second kappa shape index (κ2) is 10.4. The highest BCUT2D eigenvalue weighted by molar-refractivity contribution is 9.10. The van der Waals surface area contributed by atoms with Gasteiger partial charge in [-0.15, -0.1) is 0 Å². The molecule has 0 saturated heterocycles. The van der Waals surface area contributed by atoms with Crippen molar-refractivity contribution in [2.45, 2.75) is 19.8 Å². The van der Waals surface area contributed by atoms with E-state index in [0.29, 0.717) is 12.3 Å². The summed E-state index contributed by atoms with van der Waals surface area (Å²) in [5.74, 6) is -0.168. The van der Waals surface area contributed by atoms with Crippen molar-refractivity contribution in [1.29, 1.82) is 0 Å². The summed E-state index contributed by atoms with van der Waals surface area (Å²) in [5.41, 5.74) is 3.74. The molecule has 0 unspecified atom stereocenters. The Hall–Kier alpha value is -2.67. The molecule has 0 radical (unpaired) electrons. The molecule has 7 heteroatoms.